The molecule has 138 valence electrons. The first-order valence-corrected chi connectivity index (χ1v) is 8.21. The second kappa shape index (κ2) is 6.28. The number of hydrazone groups is 1. The van der Waals surface area contributed by atoms with Gasteiger partial charge >= 0.3 is 5.69 Å². The van der Waals surface area contributed by atoms with E-state index in [0.29, 0.717) is 17.2 Å². The van der Waals surface area contributed by atoms with Gasteiger partial charge in [0.2, 0.25) is 11.9 Å². The van der Waals surface area contributed by atoms with Crippen molar-refractivity contribution in [1.29, 1.82) is 0 Å². The number of nitrogens with two attached hydrogens (primary N) is 1. The average Bonchev–Trinajstić information content (AvgIpc) is 2.98. The molecule has 3 heterocycles. The Morgan fingerprint density at radius 3 is 2.65 bits per heavy atom. The Labute approximate surface area is 148 Å². The van der Waals surface area contributed by atoms with Gasteiger partial charge in [-0.25, -0.2) is 9.80 Å². The number of rotatable bonds is 4. The van der Waals surface area contributed by atoms with Crippen molar-refractivity contribution in [3.63, 3.8) is 0 Å². The first-order chi connectivity index (χ1) is 12.3. The van der Waals surface area contributed by atoms with E-state index in [1.54, 1.807) is 30.7 Å². The fourth-order valence-electron chi connectivity index (χ4n) is 3.01. The number of nitrogens with zero attached hydrogens (tertiary/aromatic N) is 6. The van der Waals surface area contributed by atoms with Gasteiger partial charge < -0.3 is 5.73 Å². The molecule has 0 fully saturated rings. The number of carbonyl (C=O) groups excluding carboxylic acids is 1. The minimum atomic E-state index is -0.575. The lowest BCUT2D eigenvalue weighted by atomic mass is 10.2. The lowest BCUT2D eigenvalue weighted by Gasteiger charge is -2.28. The van der Waals surface area contributed by atoms with Gasteiger partial charge in [0.1, 0.15) is 6.54 Å². The summed E-state index contributed by atoms with van der Waals surface area (Å²) in [5.74, 6) is -0.262. The van der Waals surface area contributed by atoms with E-state index in [0.717, 1.165) is 4.57 Å². The lowest BCUT2D eigenvalue weighted by Crippen LogP contribution is -2.40. The molecule has 10 heteroatoms. The predicted octanol–water partition coefficient (Wildman–Crippen LogP) is -0.285. The molecule has 2 N–H and O–H groups in total. The Balaban J connectivity index is 2.38. The zero-order valence-electron chi connectivity index (χ0n) is 15.1. The Kier molecular flexibility index (Phi) is 4.26. The zero-order chi connectivity index (χ0) is 19.2. The highest BCUT2D eigenvalue weighted by Gasteiger charge is 2.31. The number of aryl methyl sites for hydroxylation is 1. The highest BCUT2D eigenvalue weighted by atomic mass is 16.2. The molecule has 0 spiro atoms. The highest BCUT2D eigenvalue weighted by Crippen LogP contribution is 2.29. The van der Waals surface area contributed by atoms with Gasteiger partial charge in [-0.15, -0.1) is 0 Å². The molecule has 26 heavy (non-hydrogen) atoms. The Bertz CT molecular complexity index is 1070. The molecule has 0 aliphatic carbocycles. The van der Waals surface area contributed by atoms with Crippen LogP contribution in [0.2, 0.25) is 0 Å². The van der Waals surface area contributed by atoms with E-state index >= 15 is 0 Å². The van der Waals surface area contributed by atoms with Crippen LogP contribution in [0.25, 0.3) is 11.2 Å². The number of fused-ring (bicyclic) bond motifs is 3. The van der Waals surface area contributed by atoms with Gasteiger partial charge in [-0.2, -0.15) is 10.1 Å². The zero-order valence-corrected chi connectivity index (χ0v) is 15.1. The normalized spacial score (nSPS) is 17.0. The van der Waals surface area contributed by atoms with Crippen LogP contribution in [0.15, 0.2) is 26.8 Å². The maximum atomic E-state index is 13.0. The van der Waals surface area contributed by atoms with Gasteiger partial charge in [0.05, 0.1) is 11.8 Å². The molecule has 2 aromatic rings. The Morgan fingerprint density at radius 2 is 2.04 bits per heavy atom. The second-order valence-corrected chi connectivity index (χ2v) is 6.22. The fraction of sp³-hybridized carbons (Fsp3) is 0.438. The van der Waals surface area contributed by atoms with Crippen LogP contribution < -0.4 is 22.0 Å². The smallest absolute Gasteiger partial charge is 0.332 e. The number of anilines is 1. The van der Waals surface area contributed by atoms with Gasteiger partial charge in [0.25, 0.3) is 5.56 Å². The van der Waals surface area contributed by atoms with Crippen molar-refractivity contribution in [3.05, 3.63) is 33.0 Å². The molecule has 1 amide bonds. The van der Waals surface area contributed by atoms with Crippen molar-refractivity contribution in [2.75, 3.05) is 11.6 Å². The summed E-state index contributed by atoms with van der Waals surface area (Å²) in [6.45, 7) is 5.50. The topological polar surface area (TPSA) is 121 Å². The van der Waals surface area contributed by atoms with Gasteiger partial charge in [-0.1, -0.05) is 12.2 Å². The second-order valence-electron chi connectivity index (χ2n) is 6.22. The lowest BCUT2D eigenvalue weighted by molar-refractivity contribution is -0.116. The van der Waals surface area contributed by atoms with Gasteiger partial charge in [-0.3, -0.25) is 23.3 Å². The van der Waals surface area contributed by atoms with E-state index in [1.165, 1.54) is 9.58 Å². The summed E-state index contributed by atoms with van der Waals surface area (Å²) in [7, 11) is 1.56. The van der Waals surface area contributed by atoms with Crippen LogP contribution in [0.4, 0.5) is 5.95 Å². The summed E-state index contributed by atoms with van der Waals surface area (Å²) >= 11 is 0. The van der Waals surface area contributed by atoms with Crippen LogP contribution in [0.1, 0.15) is 26.8 Å². The number of allylic oxidation sites excluding steroid dienone is 2. The molecule has 10 nitrogen and oxygen atoms in total. The van der Waals surface area contributed by atoms with Gasteiger partial charge in [-0.05, 0) is 20.8 Å². The van der Waals surface area contributed by atoms with E-state index in [-0.39, 0.29) is 24.8 Å². The summed E-state index contributed by atoms with van der Waals surface area (Å²) in [5.41, 5.74) is 5.66. The first-order valence-electron chi connectivity index (χ1n) is 8.21. The molecule has 2 aromatic heterocycles. The van der Waals surface area contributed by atoms with Crippen LogP contribution in [0, 0.1) is 0 Å². The summed E-state index contributed by atoms with van der Waals surface area (Å²) in [6.07, 6.45) is 3.51. The molecule has 0 aromatic carbocycles. The van der Waals surface area contributed by atoms with Crippen LogP contribution in [0.5, 0.6) is 0 Å². The number of primary amides is 1. The molecule has 0 radical (unpaired) electrons. The summed E-state index contributed by atoms with van der Waals surface area (Å²) < 4.78 is 4.19. The number of amides is 1. The van der Waals surface area contributed by atoms with Crippen LogP contribution >= 0.6 is 0 Å². The minimum absolute atomic E-state index is 0.172. The van der Waals surface area contributed by atoms with Crippen molar-refractivity contribution in [3.8, 4) is 0 Å². The third-order valence-electron chi connectivity index (χ3n) is 4.49. The van der Waals surface area contributed by atoms with Gasteiger partial charge in [0, 0.05) is 13.6 Å². The monoisotopic (exact) mass is 359 g/mol. The third kappa shape index (κ3) is 2.54. The standard InChI is InChI=1S/C16H21N7O3/c1-5-6-7-21-14(25)12-13(20(4)16(21)26)18-15-22(8-11(17)24)19-9(2)10(3)23(12)15/h5-6,10H,7-8H2,1-4H3,(H2,17,24). The number of hydrogen-bond acceptors (Lipinski definition) is 6. The van der Waals surface area contributed by atoms with E-state index < -0.39 is 17.2 Å². The molecule has 3 rings (SSSR count). The first kappa shape index (κ1) is 17.6. The number of imidazole rings is 1. The average molecular weight is 359 g/mol. The maximum Gasteiger partial charge on any atom is 0.332 e. The SMILES string of the molecule is CC=CCn1c(=O)c2c(nc3n2C(C)C(C)=NN3CC(N)=O)n(C)c1=O. The molecular formula is C16H21N7O3. The van der Waals surface area contributed by atoms with Crippen molar-refractivity contribution >= 4 is 28.7 Å². The molecule has 1 aliphatic heterocycles. The molecule has 1 atom stereocenters. The molecule has 0 saturated heterocycles. The van der Waals surface area contributed by atoms with Crippen molar-refractivity contribution in [2.45, 2.75) is 33.4 Å². The predicted molar refractivity (Wildman–Crippen MR) is 98.4 cm³/mol. The number of aromatic nitrogens is 4. The molecule has 1 unspecified atom stereocenters. The van der Waals surface area contributed by atoms with Crippen molar-refractivity contribution in [1.82, 2.24) is 18.7 Å². The Morgan fingerprint density at radius 1 is 1.35 bits per heavy atom. The fourth-order valence-corrected chi connectivity index (χ4v) is 3.01. The van der Waals surface area contributed by atoms with Crippen LogP contribution in [0.3, 0.4) is 0 Å². The molecule has 0 bridgehead atoms. The van der Waals surface area contributed by atoms with Gasteiger partial charge in [0.15, 0.2) is 11.2 Å². The van der Waals surface area contributed by atoms with Crippen molar-refractivity contribution < 1.29 is 4.79 Å². The molecular weight excluding hydrogens is 338 g/mol. The largest absolute Gasteiger partial charge is 0.368 e. The minimum Gasteiger partial charge on any atom is -0.368 e. The van der Waals surface area contributed by atoms with Crippen LogP contribution in [-0.4, -0.2) is 36.8 Å². The summed E-state index contributed by atoms with van der Waals surface area (Å²) in [4.78, 5) is 41.4. The third-order valence-corrected chi connectivity index (χ3v) is 4.49. The summed E-state index contributed by atoms with van der Waals surface area (Å²) in [5, 5.41) is 5.71. The molecule has 1 aliphatic rings. The number of hydrogen-bond donors (Lipinski definition) is 1. The van der Waals surface area contributed by atoms with E-state index in [1.807, 2.05) is 13.8 Å². The van der Waals surface area contributed by atoms with E-state index in [2.05, 4.69) is 10.1 Å². The number of carbonyl (C=O) groups is 1. The quantitative estimate of drug-likeness (QED) is 0.752. The maximum absolute atomic E-state index is 13.0. The van der Waals surface area contributed by atoms with E-state index in [4.69, 9.17) is 5.73 Å². The summed E-state index contributed by atoms with van der Waals surface area (Å²) in [6, 6.07) is -0.250. The molecule has 0 saturated carbocycles. The van der Waals surface area contributed by atoms with Crippen molar-refractivity contribution in [2.24, 2.45) is 17.9 Å². The highest BCUT2D eigenvalue weighted by molar-refractivity contribution is 5.92. The Hall–Kier alpha value is -3.17. The van der Waals surface area contributed by atoms with Crippen LogP contribution in [-0.2, 0) is 18.4 Å². The van der Waals surface area contributed by atoms with E-state index in [9.17, 15) is 14.4 Å².